The molecule has 0 amide bonds. The van der Waals surface area contributed by atoms with Crippen LogP contribution in [0.3, 0.4) is 0 Å². The van der Waals surface area contributed by atoms with Crippen molar-refractivity contribution in [3.05, 3.63) is 71.5 Å². The van der Waals surface area contributed by atoms with E-state index in [9.17, 15) is 9.50 Å². The second kappa shape index (κ2) is 6.45. The summed E-state index contributed by atoms with van der Waals surface area (Å²) < 4.78 is 12.8. The third-order valence-electron chi connectivity index (χ3n) is 3.28. The molecule has 2 aromatic rings. The Morgan fingerprint density at radius 3 is 2.32 bits per heavy atom. The smallest absolute Gasteiger partial charge is 0.130 e. The maximum Gasteiger partial charge on any atom is 0.130 e. The summed E-state index contributed by atoms with van der Waals surface area (Å²) in [7, 11) is 0. The summed E-state index contributed by atoms with van der Waals surface area (Å²) in [6.07, 6.45) is -0.498. The SMILES string of the molecule is C[C@@H]([NH2+]Cc1ccc(F)cc1)[C@H](O)c1ccccc1. The van der Waals surface area contributed by atoms with Gasteiger partial charge in [0.1, 0.15) is 24.5 Å². The van der Waals surface area contributed by atoms with Crippen LogP contribution in [0, 0.1) is 5.82 Å². The van der Waals surface area contributed by atoms with Gasteiger partial charge in [0.15, 0.2) is 0 Å². The van der Waals surface area contributed by atoms with Crippen molar-refractivity contribution in [1.82, 2.24) is 0 Å². The Morgan fingerprint density at radius 1 is 1.05 bits per heavy atom. The molecular weight excluding hydrogens is 241 g/mol. The first-order valence-corrected chi connectivity index (χ1v) is 6.47. The minimum absolute atomic E-state index is 0.0486. The van der Waals surface area contributed by atoms with E-state index in [0.717, 1.165) is 17.7 Å². The highest BCUT2D eigenvalue weighted by atomic mass is 19.1. The summed E-state index contributed by atoms with van der Waals surface area (Å²) in [5.74, 6) is -0.221. The van der Waals surface area contributed by atoms with Gasteiger partial charge in [-0.2, -0.15) is 0 Å². The standard InChI is InChI=1S/C16H18FNO/c1-12(16(19)14-5-3-2-4-6-14)18-11-13-7-9-15(17)10-8-13/h2-10,12,16,18-19H,11H2,1H3/p+1/t12-,16+/m1/s1. The number of hydrogen-bond donors (Lipinski definition) is 2. The van der Waals surface area contributed by atoms with Gasteiger partial charge in [0.05, 0.1) is 0 Å². The average Bonchev–Trinajstić information content (AvgIpc) is 2.46. The van der Waals surface area contributed by atoms with Crippen molar-refractivity contribution < 1.29 is 14.8 Å². The summed E-state index contributed by atoms with van der Waals surface area (Å²) >= 11 is 0. The van der Waals surface area contributed by atoms with Gasteiger partial charge < -0.3 is 10.4 Å². The van der Waals surface area contributed by atoms with Crippen LogP contribution in [0.4, 0.5) is 4.39 Å². The Morgan fingerprint density at radius 2 is 1.68 bits per heavy atom. The molecule has 19 heavy (non-hydrogen) atoms. The number of quaternary nitrogens is 1. The summed E-state index contributed by atoms with van der Waals surface area (Å²) in [4.78, 5) is 0. The van der Waals surface area contributed by atoms with E-state index in [2.05, 4.69) is 5.32 Å². The van der Waals surface area contributed by atoms with Crippen molar-refractivity contribution in [1.29, 1.82) is 0 Å². The highest BCUT2D eigenvalue weighted by Gasteiger charge is 2.18. The zero-order chi connectivity index (χ0) is 13.7. The third kappa shape index (κ3) is 3.88. The number of rotatable bonds is 5. The Balaban J connectivity index is 1.90. The first-order valence-electron chi connectivity index (χ1n) is 6.47. The largest absolute Gasteiger partial charge is 0.382 e. The predicted molar refractivity (Wildman–Crippen MR) is 72.9 cm³/mol. The quantitative estimate of drug-likeness (QED) is 0.848. The summed E-state index contributed by atoms with van der Waals surface area (Å²) in [6, 6.07) is 16.1. The van der Waals surface area contributed by atoms with Crippen molar-refractivity contribution in [3.63, 3.8) is 0 Å². The number of hydrogen-bond acceptors (Lipinski definition) is 1. The fourth-order valence-corrected chi connectivity index (χ4v) is 2.03. The normalized spacial score (nSPS) is 14.1. The van der Waals surface area contributed by atoms with E-state index < -0.39 is 6.10 Å². The highest BCUT2D eigenvalue weighted by Crippen LogP contribution is 2.13. The second-order valence-corrected chi connectivity index (χ2v) is 4.78. The van der Waals surface area contributed by atoms with Crippen LogP contribution in [0.1, 0.15) is 24.2 Å². The predicted octanol–water partition coefficient (Wildman–Crippen LogP) is 2.01. The minimum atomic E-state index is -0.498. The lowest BCUT2D eigenvalue weighted by molar-refractivity contribution is -0.709. The number of nitrogens with two attached hydrogens (primary N) is 1. The van der Waals surface area contributed by atoms with E-state index >= 15 is 0 Å². The van der Waals surface area contributed by atoms with Crippen molar-refractivity contribution in [2.75, 3.05) is 0 Å². The van der Waals surface area contributed by atoms with Crippen molar-refractivity contribution >= 4 is 0 Å². The topological polar surface area (TPSA) is 36.8 Å². The molecule has 0 aliphatic carbocycles. The van der Waals surface area contributed by atoms with Gasteiger partial charge in [-0.1, -0.05) is 42.5 Å². The molecule has 3 N–H and O–H groups in total. The van der Waals surface area contributed by atoms with Crippen LogP contribution in [-0.2, 0) is 6.54 Å². The number of aliphatic hydroxyl groups excluding tert-OH is 1. The van der Waals surface area contributed by atoms with Gasteiger partial charge >= 0.3 is 0 Å². The maximum atomic E-state index is 12.8. The number of benzene rings is 2. The van der Waals surface area contributed by atoms with Gasteiger partial charge in [-0.25, -0.2) is 4.39 Å². The van der Waals surface area contributed by atoms with Crippen molar-refractivity contribution in [2.24, 2.45) is 0 Å². The Labute approximate surface area is 112 Å². The van der Waals surface area contributed by atoms with Crippen LogP contribution in [0.25, 0.3) is 0 Å². The number of aliphatic hydroxyl groups is 1. The lowest BCUT2D eigenvalue weighted by Gasteiger charge is -2.17. The Hall–Kier alpha value is -1.71. The van der Waals surface area contributed by atoms with E-state index in [1.54, 1.807) is 12.1 Å². The first kappa shape index (κ1) is 13.7. The molecule has 3 heteroatoms. The molecule has 100 valence electrons. The van der Waals surface area contributed by atoms with Gasteiger partial charge in [-0.05, 0) is 24.6 Å². The van der Waals surface area contributed by atoms with Crippen LogP contribution >= 0.6 is 0 Å². The Bertz CT molecular complexity index is 498. The summed E-state index contributed by atoms with van der Waals surface area (Å²) in [5.41, 5.74) is 1.97. The molecule has 0 spiro atoms. The van der Waals surface area contributed by atoms with Crippen LogP contribution < -0.4 is 5.32 Å². The van der Waals surface area contributed by atoms with Gasteiger partial charge in [0, 0.05) is 5.56 Å². The lowest BCUT2D eigenvalue weighted by atomic mass is 10.0. The van der Waals surface area contributed by atoms with E-state index in [1.807, 2.05) is 37.3 Å². The molecule has 0 saturated carbocycles. The molecule has 2 aromatic carbocycles. The Kier molecular flexibility index (Phi) is 4.66. The molecule has 0 unspecified atom stereocenters. The fraction of sp³-hybridized carbons (Fsp3) is 0.250. The molecule has 2 nitrogen and oxygen atoms in total. The molecule has 0 aliphatic heterocycles. The summed E-state index contributed by atoms with van der Waals surface area (Å²) in [6.45, 7) is 2.71. The van der Waals surface area contributed by atoms with Gasteiger partial charge in [-0.15, -0.1) is 0 Å². The lowest BCUT2D eigenvalue weighted by Crippen LogP contribution is -2.88. The van der Waals surface area contributed by atoms with E-state index in [0.29, 0.717) is 0 Å². The van der Waals surface area contributed by atoms with Crippen molar-refractivity contribution in [2.45, 2.75) is 25.6 Å². The zero-order valence-electron chi connectivity index (χ0n) is 11.0. The van der Waals surface area contributed by atoms with Crippen molar-refractivity contribution in [3.8, 4) is 0 Å². The van der Waals surface area contributed by atoms with Gasteiger partial charge in [0.25, 0.3) is 0 Å². The maximum absolute atomic E-state index is 12.8. The van der Waals surface area contributed by atoms with Crippen LogP contribution in [-0.4, -0.2) is 11.1 Å². The molecular formula is C16H19FNO+. The molecule has 0 radical (unpaired) electrons. The minimum Gasteiger partial charge on any atom is -0.382 e. The molecule has 0 aromatic heterocycles. The molecule has 0 fully saturated rings. The summed E-state index contributed by atoms with van der Waals surface area (Å²) in [5, 5.41) is 12.3. The molecule has 0 bridgehead atoms. The average molecular weight is 260 g/mol. The van der Waals surface area contributed by atoms with Crippen LogP contribution in [0.15, 0.2) is 54.6 Å². The molecule has 0 aliphatic rings. The monoisotopic (exact) mass is 260 g/mol. The third-order valence-corrected chi connectivity index (χ3v) is 3.28. The highest BCUT2D eigenvalue weighted by molar-refractivity contribution is 5.18. The number of halogens is 1. The van der Waals surface area contributed by atoms with Crippen LogP contribution in [0.2, 0.25) is 0 Å². The zero-order valence-corrected chi connectivity index (χ0v) is 11.0. The van der Waals surface area contributed by atoms with Gasteiger partial charge in [0.2, 0.25) is 0 Å². The first-order chi connectivity index (χ1) is 9.16. The molecule has 2 atom stereocenters. The van der Waals surface area contributed by atoms with Crippen LogP contribution in [0.5, 0.6) is 0 Å². The molecule has 2 rings (SSSR count). The van der Waals surface area contributed by atoms with E-state index in [4.69, 9.17) is 0 Å². The molecule has 0 heterocycles. The van der Waals surface area contributed by atoms with E-state index in [-0.39, 0.29) is 11.9 Å². The van der Waals surface area contributed by atoms with Gasteiger partial charge in [-0.3, -0.25) is 0 Å². The van der Waals surface area contributed by atoms with E-state index in [1.165, 1.54) is 12.1 Å². The molecule has 0 saturated heterocycles. The fourth-order valence-electron chi connectivity index (χ4n) is 2.03. The second-order valence-electron chi connectivity index (χ2n) is 4.78.